The van der Waals surface area contributed by atoms with E-state index in [1.807, 2.05) is 6.08 Å². The van der Waals surface area contributed by atoms with Gasteiger partial charge in [-0.15, -0.1) is 6.58 Å². The smallest absolute Gasteiger partial charge is 0.0169 e. The molecule has 0 atom stereocenters. The first kappa shape index (κ1) is 17.2. The Morgan fingerprint density at radius 3 is 1.78 bits per heavy atom. The zero-order chi connectivity index (χ0) is 13.3. The van der Waals surface area contributed by atoms with Crippen molar-refractivity contribution in [3.05, 3.63) is 37.0 Å². The van der Waals surface area contributed by atoms with Crippen molar-refractivity contribution < 1.29 is 0 Å². The van der Waals surface area contributed by atoms with Gasteiger partial charge in [0.25, 0.3) is 0 Å². The summed E-state index contributed by atoms with van der Waals surface area (Å²) in [6.45, 7) is 6.00. The average molecular weight is 248 g/mol. The van der Waals surface area contributed by atoms with Gasteiger partial charge in [-0.05, 0) is 44.9 Å². The molecule has 0 aliphatic carbocycles. The topological polar surface area (TPSA) is 0 Å². The zero-order valence-corrected chi connectivity index (χ0v) is 12.4. The Morgan fingerprint density at radius 1 is 0.667 bits per heavy atom. The Morgan fingerprint density at radius 2 is 1.22 bits per heavy atom. The van der Waals surface area contributed by atoms with Gasteiger partial charge in [-0.2, -0.15) is 0 Å². The molecule has 0 heterocycles. The van der Waals surface area contributed by atoms with Crippen LogP contribution in [0.1, 0.15) is 77.6 Å². The van der Waals surface area contributed by atoms with Crippen molar-refractivity contribution in [3.8, 4) is 0 Å². The van der Waals surface area contributed by atoms with E-state index in [0.29, 0.717) is 0 Å². The molecule has 0 nitrogen and oxygen atoms in total. The van der Waals surface area contributed by atoms with Crippen molar-refractivity contribution in [2.75, 3.05) is 0 Å². The van der Waals surface area contributed by atoms with E-state index in [9.17, 15) is 0 Å². The average Bonchev–Trinajstić information content (AvgIpc) is 2.39. The largest absolute Gasteiger partial charge is 0.103 e. The second-order valence-corrected chi connectivity index (χ2v) is 4.95. The molecular weight excluding hydrogens is 216 g/mol. The van der Waals surface area contributed by atoms with Gasteiger partial charge >= 0.3 is 0 Å². The molecule has 0 amide bonds. The Kier molecular flexibility index (Phi) is 15.5. The van der Waals surface area contributed by atoms with Gasteiger partial charge in [0, 0.05) is 0 Å². The molecule has 0 fully saturated rings. The lowest BCUT2D eigenvalue weighted by Crippen LogP contribution is -1.74. The highest BCUT2D eigenvalue weighted by atomic mass is 13.9. The van der Waals surface area contributed by atoms with E-state index in [1.54, 1.807) is 0 Å². The predicted molar refractivity (Wildman–Crippen MR) is 84.9 cm³/mol. The van der Waals surface area contributed by atoms with Gasteiger partial charge < -0.3 is 0 Å². The number of hydrogen-bond acceptors (Lipinski definition) is 0. The molecule has 0 saturated carbocycles. The van der Waals surface area contributed by atoms with Crippen LogP contribution in [-0.4, -0.2) is 0 Å². The SMILES string of the molecule is C=CCCCCC/C=C/C/C=C/CCCCCC. The van der Waals surface area contributed by atoms with Gasteiger partial charge in [0.1, 0.15) is 0 Å². The lowest BCUT2D eigenvalue weighted by molar-refractivity contribution is 0.674. The molecule has 0 aromatic heterocycles. The van der Waals surface area contributed by atoms with Crippen molar-refractivity contribution in [1.29, 1.82) is 0 Å². The van der Waals surface area contributed by atoms with Crippen molar-refractivity contribution in [2.45, 2.75) is 77.6 Å². The summed E-state index contributed by atoms with van der Waals surface area (Å²) in [4.78, 5) is 0. The minimum absolute atomic E-state index is 1.11. The summed E-state index contributed by atoms with van der Waals surface area (Å²) in [5.41, 5.74) is 0. The molecule has 0 aromatic carbocycles. The number of hydrogen-bond donors (Lipinski definition) is 0. The standard InChI is InChI=1S/C18H32/c1-3-5-7-9-11-13-15-17-18-16-14-12-10-8-6-4-2/h3,14-17H,1,4-13,18H2,2H3/b16-14+,17-15+. The van der Waals surface area contributed by atoms with E-state index in [1.165, 1.54) is 64.2 Å². The highest BCUT2D eigenvalue weighted by Crippen LogP contribution is 2.05. The van der Waals surface area contributed by atoms with Crippen molar-refractivity contribution in [3.63, 3.8) is 0 Å². The molecule has 0 unspecified atom stereocenters. The van der Waals surface area contributed by atoms with Gasteiger partial charge in [-0.3, -0.25) is 0 Å². The summed E-state index contributed by atoms with van der Waals surface area (Å²) >= 11 is 0. The molecule has 0 N–H and O–H groups in total. The first-order valence-corrected chi connectivity index (χ1v) is 7.82. The van der Waals surface area contributed by atoms with E-state index in [-0.39, 0.29) is 0 Å². The predicted octanol–water partition coefficient (Wildman–Crippen LogP) is 6.60. The third-order valence-corrected chi connectivity index (χ3v) is 3.11. The Bertz CT molecular complexity index is 210. The fourth-order valence-corrected chi connectivity index (χ4v) is 1.92. The summed E-state index contributed by atoms with van der Waals surface area (Å²) in [6, 6.07) is 0. The lowest BCUT2D eigenvalue weighted by atomic mass is 10.1. The van der Waals surface area contributed by atoms with Crippen LogP contribution in [-0.2, 0) is 0 Å². The first-order chi connectivity index (χ1) is 8.91. The molecule has 0 rings (SSSR count). The van der Waals surface area contributed by atoms with E-state index in [2.05, 4.69) is 37.8 Å². The maximum absolute atomic E-state index is 3.74. The molecule has 0 spiro atoms. The van der Waals surface area contributed by atoms with E-state index < -0.39 is 0 Å². The van der Waals surface area contributed by atoms with Crippen LogP contribution in [0.3, 0.4) is 0 Å². The van der Waals surface area contributed by atoms with Gasteiger partial charge in [-0.1, -0.05) is 63.0 Å². The van der Waals surface area contributed by atoms with Crippen LogP contribution >= 0.6 is 0 Å². The third kappa shape index (κ3) is 15.2. The summed E-state index contributed by atoms with van der Waals surface area (Å²) in [6.07, 6.45) is 25.5. The molecule has 104 valence electrons. The van der Waals surface area contributed by atoms with Crippen LogP contribution in [0.15, 0.2) is 37.0 Å². The Hall–Kier alpha value is -0.780. The molecule has 18 heavy (non-hydrogen) atoms. The van der Waals surface area contributed by atoms with Crippen LogP contribution in [0.5, 0.6) is 0 Å². The Balaban J connectivity index is 3.16. The fraction of sp³-hybridized carbons (Fsp3) is 0.667. The van der Waals surface area contributed by atoms with Crippen molar-refractivity contribution in [1.82, 2.24) is 0 Å². The van der Waals surface area contributed by atoms with Crippen LogP contribution in [0, 0.1) is 0 Å². The van der Waals surface area contributed by atoms with E-state index in [4.69, 9.17) is 0 Å². The molecule has 0 saturated heterocycles. The maximum atomic E-state index is 3.74. The van der Waals surface area contributed by atoms with Crippen molar-refractivity contribution >= 4 is 0 Å². The number of unbranched alkanes of at least 4 members (excludes halogenated alkanes) is 8. The quantitative estimate of drug-likeness (QED) is 0.254. The molecule has 0 bridgehead atoms. The van der Waals surface area contributed by atoms with Crippen LogP contribution in [0.2, 0.25) is 0 Å². The van der Waals surface area contributed by atoms with Gasteiger partial charge in [-0.25, -0.2) is 0 Å². The second-order valence-electron chi connectivity index (χ2n) is 4.95. The zero-order valence-electron chi connectivity index (χ0n) is 12.4. The number of allylic oxidation sites excluding steroid dienone is 5. The lowest BCUT2D eigenvalue weighted by Gasteiger charge is -1.94. The van der Waals surface area contributed by atoms with Gasteiger partial charge in [0.2, 0.25) is 0 Å². The van der Waals surface area contributed by atoms with Crippen LogP contribution in [0.25, 0.3) is 0 Å². The molecule has 0 aliphatic heterocycles. The van der Waals surface area contributed by atoms with Crippen LogP contribution in [0.4, 0.5) is 0 Å². The van der Waals surface area contributed by atoms with Crippen molar-refractivity contribution in [2.24, 2.45) is 0 Å². The highest BCUT2D eigenvalue weighted by molar-refractivity contribution is 4.92. The fourth-order valence-electron chi connectivity index (χ4n) is 1.92. The molecule has 0 radical (unpaired) electrons. The molecule has 0 heteroatoms. The molecule has 0 aliphatic rings. The normalized spacial score (nSPS) is 11.6. The van der Waals surface area contributed by atoms with Crippen LogP contribution < -0.4 is 0 Å². The second kappa shape index (κ2) is 16.2. The van der Waals surface area contributed by atoms with Gasteiger partial charge in [0.15, 0.2) is 0 Å². The maximum Gasteiger partial charge on any atom is -0.0169 e. The summed E-state index contributed by atoms with van der Waals surface area (Å²) in [5.74, 6) is 0. The monoisotopic (exact) mass is 248 g/mol. The highest BCUT2D eigenvalue weighted by Gasteiger charge is 1.85. The Labute approximate surface area is 115 Å². The number of rotatable bonds is 13. The molecule has 0 aromatic rings. The van der Waals surface area contributed by atoms with E-state index in [0.717, 1.165) is 6.42 Å². The minimum atomic E-state index is 1.11. The summed E-state index contributed by atoms with van der Waals surface area (Å²) in [7, 11) is 0. The van der Waals surface area contributed by atoms with E-state index >= 15 is 0 Å². The first-order valence-electron chi connectivity index (χ1n) is 7.82. The third-order valence-electron chi connectivity index (χ3n) is 3.11. The minimum Gasteiger partial charge on any atom is -0.103 e. The van der Waals surface area contributed by atoms with Gasteiger partial charge in [0.05, 0.1) is 0 Å². The summed E-state index contributed by atoms with van der Waals surface area (Å²) in [5, 5.41) is 0. The summed E-state index contributed by atoms with van der Waals surface area (Å²) < 4.78 is 0. The molecular formula is C18H32.